The number of fused-ring (bicyclic) bond motifs is 1. The molecule has 3 rings (SSSR count). The molecule has 1 aliphatic heterocycles. The molecule has 0 amide bonds. The molecule has 0 spiro atoms. The molecule has 134 valence electrons. The predicted molar refractivity (Wildman–Crippen MR) is 105 cm³/mol. The van der Waals surface area contributed by atoms with E-state index >= 15 is 0 Å². The summed E-state index contributed by atoms with van der Waals surface area (Å²) in [6, 6.07) is 14.2. The normalized spacial score (nSPS) is 19.8. The molecular formula is C20H24Cl2N2O. The maximum absolute atomic E-state index is 6.28. The van der Waals surface area contributed by atoms with Crippen LogP contribution in [0, 0.1) is 0 Å². The van der Waals surface area contributed by atoms with Gasteiger partial charge in [-0.05, 0) is 49.6 Å². The topological polar surface area (TPSA) is 47.3 Å². The fourth-order valence-electron chi connectivity index (χ4n) is 3.59. The number of halogens is 2. The largest absolute Gasteiger partial charge is 0.488 e. The highest BCUT2D eigenvalue weighted by molar-refractivity contribution is 6.42. The van der Waals surface area contributed by atoms with Crippen LogP contribution < -0.4 is 15.8 Å². The first-order chi connectivity index (χ1) is 11.9. The summed E-state index contributed by atoms with van der Waals surface area (Å²) in [6.07, 6.45) is 0.895. The lowest BCUT2D eigenvalue weighted by Crippen LogP contribution is -2.40. The van der Waals surface area contributed by atoms with Crippen molar-refractivity contribution >= 4 is 23.2 Å². The van der Waals surface area contributed by atoms with E-state index in [-0.39, 0.29) is 17.6 Å². The first kappa shape index (κ1) is 18.5. The molecule has 2 aromatic rings. The molecule has 1 aliphatic rings. The van der Waals surface area contributed by atoms with Gasteiger partial charge in [0, 0.05) is 25.0 Å². The Morgan fingerprint density at radius 1 is 1.20 bits per heavy atom. The van der Waals surface area contributed by atoms with Gasteiger partial charge in [-0.2, -0.15) is 0 Å². The smallest absolute Gasteiger partial charge is 0.123 e. The van der Waals surface area contributed by atoms with Gasteiger partial charge in [-0.3, -0.25) is 0 Å². The number of benzene rings is 2. The lowest BCUT2D eigenvalue weighted by molar-refractivity contribution is 0.0648. The second kappa shape index (κ2) is 7.55. The number of ether oxygens (including phenoxy) is 1. The van der Waals surface area contributed by atoms with E-state index in [9.17, 15) is 0 Å². The van der Waals surface area contributed by atoms with Crippen LogP contribution in [0.4, 0.5) is 0 Å². The lowest BCUT2D eigenvalue weighted by atomic mass is 9.77. The van der Waals surface area contributed by atoms with Gasteiger partial charge in [-0.15, -0.1) is 0 Å². The number of nitrogens with one attached hydrogen (secondary N) is 1. The second-order valence-electron chi connectivity index (χ2n) is 7.10. The molecule has 5 heteroatoms. The van der Waals surface area contributed by atoms with E-state index in [1.807, 2.05) is 30.3 Å². The molecule has 0 aromatic heterocycles. The Hall–Kier alpha value is -1.26. The Balaban J connectivity index is 2.04. The summed E-state index contributed by atoms with van der Waals surface area (Å²) in [6.45, 7) is 5.56. The molecule has 0 saturated heterocycles. The van der Waals surface area contributed by atoms with E-state index in [0.717, 1.165) is 24.3 Å². The summed E-state index contributed by atoms with van der Waals surface area (Å²) in [7, 11) is 0. The van der Waals surface area contributed by atoms with E-state index in [1.54, 1.807) is 0 Å². The van der Waals surface area contributed by atoms with Crippen LogP contribution in [-0.4, -0.2) is 18.7 Å². The van der Waals surface area contributed by atoms with Crippen molar-refractivity contribution in [2.45, 2.75) is 37.8 Å². The Bertz CT molecular complexity index is 748. The van der Waals surface area contributed by atoms with Crippen molar-refractivity contribution in [2.24, 2.45) is 5.73 Å². The number of hydrogen-bond acceptors (Lipinski definition) is 3. The van der Waals surface area contributed by atoms with Gasteiger partial charge in [-0.1, -0.05) is 47.5 Å². The summed E-state index contributed by atoms with van der Waals surface area (Å²) in [5.41, 5.74) is 7.84. The minimum atomic E-state index is -0.238. The third-order valence-electron chi connectivity index (χ3n) is 4.63. The third-order valence-corrected chi connectivity index (χ3v) is 5.37. The van der Waals surface area contributed by atoms with Crippen LogP contribution in [0.1, 0.15) is 43.4 Å². The van der Waals surface area contributed by atoms with Crippen LogP contribution in [0.25, 0.3) is 0 Å². The zero-order valence-electron chi connectivity index (χ0n) is 14.6. The maximum atomic E-state index is 6.28. The molecule has 1 heterocycles. The number of nitrogens with two attached hydrogens (primary N) is 1. The van der Waals surface area contributed by atoms with Gasteiger partial charge in [0.15, 0.2) is 0 Å². The van der Waals surface area contributed by atoms with Gasteiger partial charge in [0.05, 0.1) is 10.0 Å². The van der Waals surface area contributed by atoms with Gasteiger partial charge < -0.3 is 15.8 Å². The summed E-state index contributed by atoms with van der Waals surface area (Å²) in [5, 5.41) is 4.73. The van der Waals surface area contributed by atoms with Crippen molar-refractivity contribution in [2.75, 3.05) is 13.1 Å². The maximum Gasteiger partial charge on any atom is 0.123 e. The average molecular weight is 379 g/mol. The van der Waals surface area contributed by atoms with Gasteiger partial charge >= 0.3 is 0 Å². The standard InChI is InChI=1S/C20H24Cl2N2O/c1-20(2)12-15(14-5-3-4-6-18(14)25-20)19(24-10-9-23)13-7-8-16(21)17(22)11-13/h3-8,11,15,19,24H,9-10,12,23H2,1-2H3. The Morgan fingerprint density at radius 3 is 2.68 bits per heavy atom. The van der Waals surface area contributed by atoms with Crippen molar-refractivity contribution in [1.29, 1.82) is 0 Å². The fraction of sp³-hybridized carbons (Fsp3) is 0.400. The highest BCUT2D eigenvalue weighted by atomic mass is 35.5. The number of rotatable bonds is 5. The van der Waals surface area contributed by atoms with Crippen molar-refractivity contribution in [1.82, 2.24) is 5.32 Å². The zero-order chi connectivity index (χ0) is 18.0. The van der Waals surface area contributed by atoms with E-state index in [0.29, 0.717) is 16.6 Å². The van der Waals surface area contributed by atoms with E-state index < -0.39 is 0 Å². The fourth-order valence-corrected chi connectivity index (χ4v) is 3.90. The van der Waals surface area contributed by atoms with Crippen molar-refractivity contribution in [3.05, 3.63) is 63.6 Å². The summed E-state index contributed by atoms with van der Waals surface area (Å²) < 4.78 is 6.18. The number of para-hydroxylation sites is 1. The SMILES string of the molecule is CC1(C)CC(C(NCCN)c2ccc(Cl)c(Cl)c2)c2ccccc2O1. The van der Waals surface area contributed by atoms with Gasteiger partial charge in [0.1, 0.15) is 11.4 Å². The van der Waals surface area contributed by atoms with Crippen LogP contribution in [0.5, 0.6) is 5.75 Å². The van der Waals surface area contributed by atoms with E-state index in [4.69, 9.17) is 33.7 Å². The number of hydrogen-bond donors (Lipinski definition) is 2. The first-order valence-corrected chi connectivity index (χ1v) is 9.33. The van der Waals surface area contributed by atoms with Crippen molar-refractivity contribution < 1.29 is 4.74 Å². The molecule has 2 unspecified atom stereocenters. The predicted octanol–water partition coefficient (Wildman–Crippen LogP) is 4.93. The summed E-state index contributed by atoms with van der Waals surface area (Å²) >= 11 is 12.4. The quantitative estimate of drug-likeness (QED) is 0.775. The molecular weight excluding hydrogens is 355 g/mol. The molecule has 0 saturated carbocycles. The molecule has 0 aliphatic carbocycles. The molecule has 0 radical (unpaired) electrons. The minimum absolute atomic E-state index is 0.0858. The minimum Gasteiger partial charge on any atom is -0.488 e. The second-order valence-corrected chi connectivity index (χ2v) is 7.92. The van der Waals surface area contributed by atoms with Crippen LogP contribution >= 0.6 is 23.2 Å². The van der Waals surface area contributed by atoms with Crippen molar-refractivity contribution in [3.63, 3.8) is 0 Å². The summed E-state index contributed by atoms with van der Waals surface area (Å²) in [5.74, 6) is 1.20. The van der Waals surface area contributed by atoms with Crippen LogP contribution in [0.3, 0.4) is 0 Å². The van der Waals surface area contributed by atoms with E-state index in [1.165, 1.54) is 5.56 Å². The Kier molecular flexibility index (Phi) is 5.59. The van der Waals surface area contributed by atoms with Crippen LogP contribution in [-0.2, 0) is 0 Å². The highest BCUT2D eigenvalue weighted by Gasteiger charge is 2.38. The Labute approximate surface area is 159 Å². The van der Waals surface area contributed by atoms with Crippen LogP contribution in [0.2, 0.25) is 10.0 Å². The lowest BCUT2D eigenvalue weighted by Gasteiger charge is -2.41. The highest BCUT2D eigenvalue weighted by Crippen LogP contribution is 2.47. The monoisotopic (exact) mass is 378 g/mol. The third kappa shape index (κ3) is 4.12. The van der Waals surface area contributed by atoms with Gasteiger partial charge in [-0.25, -0.2) is 0 Å². The molecule has 25 heavy (non-hydrogen) atoms. The van der Waals surface area contributed by atoms with Gasteiger partial charge in [0.2, 0.25) is 0 Å². The van der Waals surface area contributed by atoms with Crippen molar-refractivity contribution in [3.8, 4) is 5.75 Å². The summed E-state index contributed by atoms with van der Waals surface area (Å²) in [4.78, 5) is 0. The average Bonchev–Trinajstić information content (AvgIpc) is 2.57. The first-order valence-electron chi connectivity index (χ1n) is 8.57. The van der Waals surface area contributed by atoms with Gasteiger partial charge in [0.25, 0.3) is 0 Å². The molecule has 0 bridgehead atoms. The van der Waals surface area contributed by atoms with Crippen LogP contribution in [0.15, 0.2) is 42.5 Å². The molecule has 3 nitrogen and oxygen atoms in total. The van der Waals surface area contributed by atoms with E-state index in [2.05, 4.69) is 31.3 Å². The molecule has 2 atom stereocenters. The zero-order valence-corrected chi connectivity index (χ0v) is 16.1. The molecule has 3 N–H and O–H groups in total. The molecule has 0 fully saturated rings. The molecule has 2 aromatic carbocycles. The Morgan fingerprint density at radius 2 is 1.96 bits per heavy atom.